The van der Waals surface area contributed by atoms with Gasteiger partial charge in [-0.05, 0) is 56.1 Å². The van der Waals surface area contributed by atoms with Gasteiger partial charge < -0.3 is 4.42 Å². The Morgan fingerprint density at radius 2 is 1.97 bits per heavy atom. The Morgan fingerprint density at radius 1 is 1.14 bits per heavy atom. The van der Waals surface area contributed by atoms with Gasteiger partial charge in [0.25, 0.3) is 0 Å². The minimum absolute atomic E-state index is 0.0144. The summed E-state index contributed by atoms with van der Waals surface area (Å²) in [5.74, 6) is 0. The Bertz CT molecular complexity index is 1200. The van der Waals surface area contributed by atoms with Crippen LogP contribution in [0.2, 0.25) is 0 Å². The van der Waals surface area contributed by atoms with Crippen molar-refractivity contribution in [2.75, 3.05) is 13.1 Å². The van der Waals surface area contributed by atoms with Crippen LogP contribution in [0.1, 0.15) is 37.3 Å². The lowest BCUT2D eigenvalue weighted by Gasteiger charge is -2.26. The summed E-state index contributed by atoms with van der Waals surface area (Å²) >= 11 is 1.54. The molecular formula is C24H24N2O2S. The zero-order valence-corrected chi connectivity index (χ0v) is 17.4. The van der Waals surface area contributed by atoms with Crippen LogP contribution >= 0.6 is 11.3 Å². The smallest absolute Gasteiger partial charge is 0.202 e. The molecule has 3 heterocycles. The SMILES string of the molecule is CCc1cc(CN2CCCCC2)c2occ(-c3nc4ccccc4s3)c(=O)c2c1. The molecule has 5 heteroatoms. The molecule has 29 heavy (non-hydrogen) atoms. The first-order valence-corrected chi connectivity index (χ1v) is 11.2. The van der Waals surface area contributed by atoms with Crippen LogP contribution in [0.15, 0.2) is 51.9 Å². The Balaban J connectivity index is 1.63. The average molecular weight is 405 g/mol. The van der Waals surface area contributed by atoms with Crippen LogP contribution in [-0.2, 0) is 13.0 Å². The van der Waals surface area contributed by atoms with E-state index in [-0.39, 0.29) is 5.43 Å². The number of hydrogen-bond acceptors (Lipinski definition) is 5. The molecule has 2 aromatic carbocycles. The van der Waals surface area contributed by atoms with Crippen molar-refractivity contribution in [2.45, 2.75) is 39.2 Å². The third kappa shape index (κ3) is 3.49. The fourth-order valence-electron chi connectivity index (χ4n) is 4.19. The molecule has 0 spiro atoms. The molecule has 1 fully saturated rings. The first-order chi connectivity index (χ1) is 14.2. The highest BCUT2D eigenvalue weighted by atomic mass is 32.1. The normalized spacial score (nSPS) is 15.3. The predicted octanol–water partition coefficient (Wildman–Crippen LogP) is 5.62. The summed E-state index contributed by atoms with van der Waals surface area (Å²) in [5, 5.41) is 1.40. The maximum Gasteiger partial charge on any atom is 0.202 e. The van der Waals surface area contributed by atoms with Gasteiger partial charge in [-0.15, -0.1) is 11.3 Å². The number of benzene rings is 2. The van der Waals surface area contributed by atoms with Gasteiger partial charge in [-0.25, -0.2) is 4.98 Å². The zero-order valence-electron chi connectivity index (χ0n) is 16.6. The van der Waals surface area contributed by atoms with Crippen LogP contribution in [0.5, 0.6) is 0 Å². The minimum atomic E-state index is 0.0144. The molecule has 0 atom stereocenters. The molecule has 1 aliphatic heterocycles. The number of aromatic nitrogens is 1. The van der Waals surface area contributed by atoms with Gasteiger partial charge in [0.15, 0.2) is 0 Å². The summed E-state index contributed by atoms with van der Waals surface area (Å²) in [6, 6.07) is 12.2. The van der Waals surface area contributed by atoms with Crippen LogP contribution in [0, 0.1) is 0 Å². The molecule has 1 saturated heterocycles. The maximum atomic E-state index is 13.4. The second-order valence-corrected chi connectivity index (χ2v) is 8.82. The van der Waals surface area contributed by atoms with Crippen molar-refractivity contribution < 1.29 is 4.42 Å². The van der Waals surface area contributed by atoms with Crippen molar-refractivity contribution >= 4 is 32.5 Å². The van der Waals surface area contributed by atoms with E-state index >= 15 is 0 Å². The molecule has 148 valence electrons. The Morgan fingerprint density at radius 3 is 2.76 bits per heavy atom. The van der Waals surface area contributed by atoms with E-state index in [1.807, 2.05) is 30.3 Å². The van der Waals surface area contributed by atoms with Gasteiger partial charge in [0.05, 0.1) is 21.2 Å². The van der Waals surface area contributed by atoms with E-state index < -0.39 is 0 Å². The van der Waals surface area contributed by atoms with Crippen molar-refractivity contribution in [3.8, 4) is 10.6 Å². The molecule has 0 radical (unpaired) electrons. The van der Waals surface area contributed by atoms with E-state index in [4.69, 9.17) is 4.42 Å². The maximum absolute atomic E-state index is 13.4. The van der Waals surface area contributed by atoms with E-state index in [9.17, 15) is 4.79 Å². The highest BCUT2D eigenvalue weighted by molar-refractivity contribution is 7.21. The number of aryl methyl sites for hydroxylation is 1. The molecule has 0 aliphatic carbocycles. The molecule has 0 N–H and O–H groups in total. The Kier molecular flexibility index (Phi) is 4.94. The Hall–Kier alpha value is -2.50. The van der Waals surface area contributed by atoms with E-state index in [2.05, 4.69) is 22.9 Å². The lowest BCUT2D eigenvalue weighted by molar-refractivity contribution is 0.221. The van der Waals surface area contributed by atoms with Gasteiger partial charge >= 0.3 is 0 Å². The van der Waals surface area contributed by atoms with Crippen molar-refractivity contribution in [2.24, 2.45) is 0 Å². The van der Waals surface area contributed by atoms with Gasteiger partial charge in [-0.2, -0.15) is 0 Å². The molecule has 4 aromatic rings. The number of hydrogen-bond donors (Lipinski definition) is 0. The number of nitrogens with zero attached hydrogens (tertiary/aromatic N) is 2. The molecule has 4 nitrogen and oxygen atoms in total. The fraction of sp³-hybridized carbons (Fsp3) is 0.333. The standard InChI is InChI=1S/C24H24N2O2S/c1-2-16-12-17(14-26-10-6-3-7-11-26)23-18(13-16)22(27)19(15-28-23)24-25-20-8-4-5-9-21(20)29-24/h4-5,8-9,12-13,15H,2-3,6-7,10-11,14H2,1H3. The lowest BCUT2D eigenvalue weighted by atomic mass is 10.0. The molecule has 5 rings (SSSR count). The van der Waals surface area contributed by atoms with E-state index in [0.717, 1.165) is 52.4 Å². The summed E-state index contributed by atoms with van der Waals surface area (Å²) in [7, 11) is 0. The zero-order chi connectivity index (χ0) is 19.8. The fourth-order valence-corrected chi connectivity index (χ4v) is 5.16. The number of rotatable bonds is 4. The van der Waals surface area contributed by atoms with E-state index in [1.54, 1.807) is 6.26 Å². The van der Waals surface area contributed by atoms with Crippen LogP contribution in [-0.4, -0.2) is 23.0 Å². The summed E-state index contributed by atoms with van der Waals surface area (Å²) < 4.78 is 7.17. The van der Waals surface area contributed by atoms with E-state index in [1.165, 1.54) is 36.2 Å². The van der Waals surface area contributed by atoms with Crippen LogP contribution in [0.25, 0.3) is 31.8 Å². The van der Waals surface area contributed by atoms with Crippen molar-refractivity contribution in [1.82, 2.24) is 9.88 Å². The first kappa shape index (κ1) is 18.5. The summed E-state index contributed by atoms with van der Waals surface area (Å²) in [6.07, 6.45) is 6.31. The van der Waals surface area contributed by atoms with Crippen LogP contribution < -0.4 is 5.43 Å². The molecule has 0 amide bonds. The van der Waals surface area contributed by atoms with Crippen molar-refractivity contribution in [3.63, 3.8) is 0 Å². The minimum Gasteiger partial charge on any atom is -0.463 e. The van der Waals surface area contributed by atoms with E-state index in [0.29, 0.717) is 10.9 Å². The Labute approximate surface area is 173 Å². The van der Waals surface area contributed by atoms with Gasteiger partial charge in [0.2, 0.25) is 5.43 Å². The summed E-state index contributed by atoms with van der Waals surface area (Å²) in [4.78, 5) is 20.5. The second-order valence-electron chi connectivity index (χ2n) is 7.79. The molecule has 0 saturated carbocycles. The van der Waals surface area contributed by atoms with Gasteiger partial charge in [0.1, 0.15) is 16.9 Å². The second kappa shape index (κ2) is 7.73. The number of thiazole rings is 1. The lowest BCUT2D eigenvalue weighted by Crippen LogP contribution is -2.29. The first-order valence-electron chi connectivity index (χ1n) is 10.4. The number of para-hydroxylation sites is 1. The highest BCUT2D eigenvalue weighted by Crippen LogP contribution is 2.30. The highest BCUT2D eigenvalue weighted by Gasteiger charge is 2.18. The van der Waals surface area contributed by atoms with Gasteiger partial charge in [-0.1, -0.05) is 31.5 Å². The number of piperidine rings is 1. The van der Waals surface area contributed by atoms with Gasteiger partial charge in [0, 0.05) is 12.1 Å². The largest absolute Gasteiger partial charge is 0.463 e. The average Bonchev–Trinajstić information content (AvgIpc) is 3.19. The third-order valence-corrected chi connectivity index (χ3v) is 6.85. The molecule has 2 aromatic heterocycles. The third-order valence-electron chi connectivity index (χ3n) is 5.78. The van der Waals surface area contributed by atoms with Crippen molar-refractivity contribution in [1.29, 1.82) is 0 Å². The molecule has 0 unspecified atom stereocenters. The quantitative estimate of drug-likeness (QED) is 0.443. The van der Waals surface area contributed by atoms with Gasteiger partial charge in [-0.3, -0.25) is 9.69 Å². The van der Waals surface area contributed by atoms with Crippen molar-refractivity contribution in [3.05, 3.63) is 64.0 Å². The monoisotopic (exact) mass is 404 g/mol. The number of likely N-dealkylation sites (tertiary alicyclic amines) is 1. The molecule has 1 aliphatic rings. The van der Waals surface area contributed by atoms with Crippen LogP contribution in [0.4, 0.5) is 0 Å². The number of fused-ring (bicyclic) bond motifs is 2. The predicted molar refractivity (Wildman–Crippen MR) is 120 cm³/mol. The topological polar surface area (TPSA) is 46.3 Å². The van der Waals surface area contributed by atoms with Crippen LogP contribution in [0.3, 0.4) is 0 Å². The molecule has 0 bridgehead atoms. The molecular weight excluding hydrogens is 380 g/mol. The summed E-state index contributed by atoms with van der Waals surface area (Å²) in [6.45, 7) is 5.20. The summed E-state index contributed by atoms with van der Waals surface area (Å²) in [5.41, 5.74) is 4.51.